The first-order valence-corrected chi connectivity index (χ1v) is 7.71. The van der Waals surface area contributed by atoms with E-state index in [0.717, 1.165) is 13.2 Å². The first-order valence-electron chi connectivity index (χ1n) is 7.71. The number of hydrogen-bond acceptors (Lipinski definition) is 2. The highest BCUT2D eigenvalue weighted by molar-refractivity contribution is 4.67. The molecule has 2 heteroatoms. The molecule has 1 fully saturated rings. The Hall–Kier alpha value is -0.0800. The zero-order valence-corrected chi connectivity index (χ0v) is 11.8. The molecule has 0 aliphatic heterocycles. The molecule has 0 saturated heterocycles. The highest BCUT2D eigenvalue weighted by Crippen LogP contribution is 2.20. The summed E-state index contributed by atoms with van der Waals surface area (Å²) in [5.41, 5.74) is 0. The van der Waals surface area contributed by atoms with Crippen molar-refractivity contribution in [2.45, 2.75) is 83.8 Å². The second kappa shape index (κ2) is 9.90. The lowest BCUT2D eigenvalue weighted by molar-refractivity contribution is 0.0255. The number of nitrogens with one attached hydrogen (secondary N) is 1. The lowest BCUT2D eigenvalue weighted by Crippen LogP contribution is -2.29. The fraction of sp³-hybridized carbons (Fsp3) is 1.00. The molecule has 0 aromatic heterocycles. The summed E-state index contributed by atoms with van der Waals surface area (Å²) in [6, 6.07) is 0.699. The molecule has 1 atom stereocenters. The van der Waals surface area contributed by atoms with E-state index in [0.29, 0.717) is 12.1 Å². The minimum Gasteiger partial charge on any atom is -0.378 e. The Morgan fingerprint density at radius 2 is 1.94 bits per heavy atom. The van der Waals surface area contributed by atoms with Crippen molar-refractivity contribution in [3.63, 3.8) is 0 Å². The second-order valence-corrected chi connectivity index (χ2v) is 5.33. The highest BCUT2D eigenvalue weighted by atomic mass is 16.5. The molecule has 1 aliphatic carbocycles. The minimum atomic E-state index is 0.576. The van der Waals surface area contributed by atoms with Gasteiger partial charge in [-0.2, -0.15) is 0 Å². The molecule has 0 heterocycles. The molecular formula is C15H31NO. The summed E-state index contributed by atoms with van der Waals surface area (Å²) in [5.74, 6) is 0. The molecule has 0 spiro atoms. The maximum absolute atomic E-state index is 5.95. The molecule has 1 saturated carbocycles. The quantitative estimate of drug-likeness (QED) is 0.618. The van der Waals surface area contributed by atoms with Crippen LogP contribution in [0.25, 0.3) is 0 Å². The van der Waals surface area contributed by atoms with E-state index >= 15 is 0 Å². The van der Waals surface area contributed by atoms with Crippen molar-refractivity contribution in [3.05, 3.63) is 0 Å². The van der Waals surface area contributed by atoms with Crippen molar-refractivity contribution in [2.75, 3.05) is 13.2 Å². The van der Waals surface area contributed by atoms with Crippen LogP contribution in [0.2, 0.25) is 0 Å². The summed E-state index contributed by atoms with van der Waals surface area (Å²) in [4.78, 5) is 0. The smallest absolute Gasteiger partial charge is 0.0575 e. The van der Waals surface area contributed by atoms with Crippen LogP contribution in [-0.2, 0) is 4.74 Å². The van der Waals surface area contributed by atoms with Crippen molar-refractivity contribution in [1.29, 1.82) is 0 Å². The predicted molar refractivity (Wildman–Crippen MR) is 74.4 cm³/mol. The Morgan fingerprint density at radius 1 is 1.18 bits per heavy atom. The molecule has 0 radical (unpaired) electrons. The van der Waals surface area contributed by atoms with E-state index in [1.165, 1.54) is 57.8 Å². The van der Waals surface area contributed by atoms with E-state index < -0.39 is 0 Å². The lowest BCUT2D eigenvalue weighted by atomic mass is 9.98. The van der Waals surface area contributed by atoms with Gasteiger partial charge >= 0.3 is 0 Å². The van der Waals surface area contributed by atoms with E-state index in [2.05, 4.69) is 19.2 Å². The predicted octanol–water partition coefficient (Wildman–Crippen LogP) is 3.89. The van der Waals surface area contributed by atoms with Crippen molar-refractivity contribution in [1.82, 2.24) is 5.32 Å². The van der Waals surface area contributed by atoms with Gasteiger partial charge in [0.25, 0.3) is 0 Å². The first-order chi connectivity index (χ1) is 8.36. The van der Waals surface area contributed by atoms with Crippen LogP contribution in [-0.4, -0.2) is 25.3 Å². The van der Waals surface area contributed by atoms with Gasteiger partial charge in [-0.3, -0.25) is 0 Å². The van der Waals surface area contributed by atoms with Gasteiger partial charge in [-0.05, 0) is 45.1 Å². The maximum Gasteiger partial charge on any atom is 0.0575 e. The first kappa shape index (κ1) is 15.0. The van der Waals surface area contributed by atoms with Crippen LogP contribution in [0.1, 0.15) is 71.6 Å². The molecule has 0 aromatic rings. The van der Waals surface area contributed by atoms with Crippen molar-refractivity contribution in [2.24, 2.45) is 0 Å². The zero-order valence-electron chi connectivity index (χ0n) is 11.8. The van der Waals surface area contributed by atoms with Gasteiger partial charge in [0.15, 0.2) is 0 Å². The van der Waals surface area contributed by atoms with Crippen LogP contribution in [0.15, 0.2) is 0 Å². The zero-order chi connectivity index (χ0) is 12.3. The average Bonchev–Trinajstić information content (AvgIpc) is 2.39. The van der Waals surface area contributed by atoms with Gasteiger partial charge in [0, 0.05) is 12.6 Å². The van der Waals surface area contributed by atoms with E-state index in [4.69, 9.17) is 4.74 Å². The maximum atomic E-state index is 5.95. The Balaban J connectivity index is 1.97. The van der Waals surface area contributed by atoms with Crippen molar-refractivity contribution < 1.29 is 4.74 Å². The van der Waals surface area contributed by atoms with Crippen LogP contribution in [0, 0.1) is 0 Å². The molecule has 0 amide bonds. The van der Waals surface area contributed by atoms with Crippen LogP contribution < -0.4 is 5.32 Å². The molecule has 1 aliphatic rings. The highest BCUT2D eigenvalue weighted by Gasteiger charge is 2.13. The number of hydrogen-bond donors (Lipinski definition) is 1. The summed E-state index contributed by atoms with van der Waals surface area (Å²) in [6.45, 7) is 6.62. The van der Waals surface area contributed by atoms with Gasteiger partial charge in [0.2, 0.25) is 0 Å². The standard InChI is InChI=1S/C15H31NO/c1-3-12-16-14(4-2)9-8-13-17-15-10-6-5-7-11-15/h14-16H,3-13H2,1-2H3. The third-order valence-electron chi connectivity index (χ3n) is 3.78. The Labute approximate surface area is 108 Å². The molecule has 1 rings (SSSR count). The van der Waals surface area contributed by atoms with E-state index in [1.807, 2.05) is 0 Å². The van der Waals surface area contributed by atoms with Gasteiger partial charge in [-0.15, -0.1) is 0 Å². The SMILES string of the molecule is CCCNC(CC)CCCOC1CCCCC1. The second-order valence-electron chi connectivity index (χ2n) is 5.33. The van der Waals surface area contributed by atoms with Gasteiger partial charge in [-0.1, -0.05) is 33.1 Å². The topological polar surface area (TPSA) is 21.3 Å². The monoisotopic (exact) mass is 241 g/mol. The number of rotatable bonds is 9. The van der Waals surface area contributed by atoms with Crippen molar-refractivity contribution >= 4 is 0 Å². The molecule has 1 unspecified atom stereocenters. The van der Waals surface area contributed by atoms with Crippen LogP contribution in [0.4, 0.5) is 0 Å². The van der Waals surface area contributed by atoms with E-state index in [1.54, 1.807) is 0 Å². The Morgan fingerprint density at radius 3 is 2.59 bits per heavy atom. The Kier molecular flexibility index (Phi) is 8.72. The summed E-state index contributed by atoms with van der Waals surface area (Å²) in [7, 11) is 0. The van der Waals surface area contributed by atoms with Gasteiger partial charge in [-0.25, -0.2) is 0 Å². The molecule has 0 aromatic carbocycles. The van der Waals surface area contributed by atoms with E-state index in [9.17, 15) is 0 Å². The molecule has 1 N–H and O–H groups in total. The molecule has 2 nitrogen and oxygen atoms in total. The molecular weight excluding hydrogens is 210 g/mol. The van der Waals surface area contributed by atoms with Gasteiger partial charge < -0.3 is 10.1 Å². The van der Waals surface area contributed by atoms with Crippen LogP contribution >= 0.6 is 0 Å². The summed E-state index contributed by atoms with van der Waals surface area (Å²) in [5, 5.41) is 3.60. The minimum absolute atomic E-state index is 0.576. The number of ether oxygens (including phenoxy) is 1. The fourth-order valence-electron chi connectivity index (χ4n) is 2.61. The van der Waals surface area contributed by atoms with Crippen LogP contribution in [0.5, 0.6) is 0 Å². The Bertz CT molecular complexity index is 166. The molecule has 17 heavy (non-hydrogen) atoms. The summed E-state index contributed by atoms with van der Waals surface area (Å²) < 4.78 is 5.95. The van der Waals surface area contributed by atoms with Crippen LogP contribution in [0.3, 0.4) is 0 Å². The average molecular weight is 241 g/mol. The molecule has 102 valence electrons. The van der Waals surface area contributed by atoms with Crippen molar-refractivity contribution in [3.8, 4) is 0 Å². The lowest BCUT2D eigenvalue weighted by Gasteiger charge is -2.22. The third-order valence-corrected chi connectivity index (χ3v) is 3.78. The fourth-order valence-corrected chi connectivity index (χ4v) is 2.61. The largest absolute Gasteiger partial charge is 0.378 e. The summed E-state index contributed by atoms with van der Waals surface area (Å²) in [6.07, 6.45) is 12.3. The summed E-state index contributed by atoms with van der Waals surface area (Å²) >= 11 is 0. The van der Waals surface area contributed by atoms with E-state index in [-0.39, 0.29) is 0 Å². The normalized spacial score (nSPS) is 19.4. The van der Waals surface area contributed by atoms with Gasteiger partial charge in [0.1, 0.15) is 0 Å². The molecule has 0 bridgehead atoms. The third kappa shape index (κ3) is 7.05. The van der Waals surface area contributed by atoms with Gasteiger partial charge in [0.05, 0.1) is 6.10 Å².